The number of carbonyl (C=O) groups excluding carboxylic acids is 1. The highest BCUT2D eigenvalue weighted by molar-refractivity contribution is 5.68. The second-order valence-electron chi connectivity index (χ2n) is 8.47. The topological polar surface area (TPSA) is 112 Å². The molecule has 1 aliphatic carbocycles. The van der Waals surface area contributed by atoms with Crippen molar-refractivity contribution in [3.63, 3.8) is 0 Å². The van der Waals surface area contributed by atoms with E-state index in [0.29, 0.717) is 25.2 Å². The van der Waals surface area contributed by atoms with Crippen molar-refractivity contribution >= 4 is 6.09 Å². The Morgan fingerprint density at radius 1 is 1.29 bits per heavy atom. The number of carbonyl (C=O) groups is 1. The van der Waals surface area contributed by atoms with Crippen LogP contribution in [0.4, 0.5) is 4.79 Å². The number of alkyl carbamates (subject to hydrolysis) is 1. The first-order valence-electron chi connectivity index (χ1n) is 10.6. The van der Waals surface area contributed by atoms with E-state index in [1.165, 1.54) is 4.57 Å². The van der Waals surface area contributed by atoms with Gasteiger partial charge in [0.2, 0.25) is 12.0 Å². The molecule has 0 atom stereocenters. The molecule has 0 unspecified atom stereocenters. The highest BCUT2D eigenvalue weighted by Gasteiger charge is 2.47. The molecule has 0 radical (unpaired) electrons. The Morgan fingerprint density at radius 3 is 2.68 bits per heavy atom. The van der Waals surface area contributed by atoms with Crippen molar-refractivity contribution in [2.24, 2.45) is 5.92 Å². The average Bonchev–Trinajstić information content (AvgIpc) is 3.00. The van der Waals surface area contributed by atoms with Crippen LogP contribution in [0.3, 0.4) is 0 Å². The number of fused-ring (bicyclic) bond motifs is 2. The molecule has 2 bridgehead atoms. The number of nitrogens with zero attached hydrogens (tertiary/aromatic N) is 2. The Bertz CT molecular complexity index is 1040. The van der Waals surface area contributed by atoms with Crippen LogP contribution < -0.4 is 10.9 Å². The van der Waals surface area contributed by atoms with E-state index in [1.54, 1.807) is 6.92 Å². The minimum absolute atomic E-state index is 0.0542. The Labute approximate surface area is 179 Å². The van der Waals surface area contributed by atoms with E-state index in [0.717, 1.165) is 18.4 Å². The van der Waals surface area contributed by atoms with Crippen LogP contribution in [-0.4, -0.2) is 27.0 Å². The van der Waals surface area contributed by atoms with Crippen molar-refractivity contribution in [3.05, 3.63) is 57.8 Å². The predicted molar refractivity (Wildman–Crippen MR) is 108 cm³/mol. The number of ether oxygens (including phenoxy) is 3. The lowest BCUT2D eigenvalue weighted by molar-refractivity contribution is -0.384. The number of aromatic hydroxyl groups is 1. The van der Waals surface area contributed by atoms with Crippen LogP contribution in [0.2, 0.25) is 0 Å². The first-order valence-corrected chi connectivity index (χ1v) is 10.6. The van der Waals surface area contributed by atoms with Crippen LogP contribution in [0.15, 0.2) is 35.1 Å². The zero-order valence-electron chi connectivity index (χ0n) is 17.2. The molecule has 1 saturated carbocycles. The van der Waals surface area contributed by atoms with Gasteiger partial charge in [-0.15, -0.1) is 0 Å². The van der Waals surface area contributed by atoms with Crippen molar-refractivity contribution in [2.45, 2.75) is 63.9 Å². The smallest absolute Gasteiger partial charge is 0.408 e. The van der Waals surface area contributed by atoms with Crippen molar-refractivity contribution in [2.75, 3.05) is 0 Å². The molecule has 4 aliphatic rings. The SMILES string of the molecule is CC1OC(c2nc3n(c(=O)c2O)CC2CCC3(NC(=O)OCc3ccccc3)CC2)O1. The van der Waals surface area contributed by atoms with E-state index in [4.69, 9.17) is 14.2 Å². The van der Waals surface area contributed by atoms with Crippen molar-refractivity contribution in [1.82, 2.24) is 14.9 Å². The van der Waals surface area contributed by atoms with Gasteiger partial charge in [-0.3, -0.25) is 9.36 Å². The van der Waals surface area contributed by atoms with Gasteiger partial charge in [-0.1, -0.05) is 30.3 Å². The van der Waals surface area contributed by atoms with Gasteiger partial charge in [0.25, 0.3) is 5.56 Å². The number of rotatable bonds is 4. The first-order chi connectivity index (χ1) is 14.9. The second kappa shape index (κ2) is 7.65. The highest BCUT2D eigenvalue weighted by Crippen LogP contribution is 2.44. The molecule has 9 nitrogen and oxygen atoms in total. The minimum Gasteiger partial charge on any atom is -0.502 e. The highest BCUT2D eigenvalue weighted by atomic mass is 16.9. The van der Waals surface area contributed by atoms with Gasteiger partial charge in [-0.25, -0.2) is 9.78 Å². The van der Waals surface area contributed by atoms with Gasteiger partial charge in [0.1, 0.15) is 23.7 Å². The number of hydrogen-bond donors (Lipinski definition) is 2. The summed E-state index contributed by atoms with van der Waals surface area (Å²) in [5.74, 6) is 0.245. The summed E-state index contributed by atoms with van der Waals surface area (Å²) < 4.78 is 17.9. The van der Waals surface area contributed by atoms with Crippen molar-refractivity contribution in [3.8, 4) is 5.75 Å². The van der Waals surface area contributed by atoms with Gasteiger partial charge in [-0.2, -0.15) is 0 Å². The number of amides is 1. The summed E-state index contributed by atoms with van der Waals surface area (Å²) in [5.41, 5.74) is -0.449. The second-order valence-corrected chi connectivity index (χ2v) is 8.47. The van der Waals surface area contributed by atoms with E-state index in [2.05, 4.69) is 10.3 Å². The van der Waals surface area contributed by atoms with E-state index in [1.807, 2.05) is 30.3 Å². The van der Waals surface area contributed by atoms with Crippen LogP contribution in [-0.2, 0) is 32.9 Å². The zero-order chi connectivity index (χ0) is 21.6. The molecule has 164 valence electrons. The molecule has 3 aliphatic heterocycles. The summed E-state index contributed by atoms with van der Waals surface area (Å²) >= 11 is 0. The molecular formula is C22H25N3O6. The van der Waals surface area contributed by atoms with E-state index < -0.39 is 35.5 Å². The Balaban J connectivity index is 1.46. The summed E-state index contributed by atoms with van der Waals surface area (Å²) in [4.78, 5) is 30.3. The van der Waals surface area contributed by atoms with Gasteiger partial charge in [0.15, 0.2) is 6.29 Å². The van der Waals surface area contributed by atoms with Crippen molar-refractivity contribution < 1.29 is 24.1 Å². The fourth-order valence-electron chi connectivity index (χ4n) is 4.72. The largest absolute Gasteiger partial charge is 0.502 e. The number of benzene rings is 1. The lowest BCUT2D eigenvalue weighted by atomic mass is 9.77. The first kappa shape index (κ1) is 20.0. The summed E-state index contributed by atoms with van der Waals surface area (Å²) in [6.45, 7) is 2.32. The third-order valence-corrected chi connectivity index (χ3v) is 6.41. The molecule has 1 amide bonds. The maximum Gasteiger partial charge on any atom is 0.408 e. The van der Waals surface area contributed by atoms with Gasteiger partial charge in [0.05, 0.1) is 0 Å². The van der Waals surface area contributed by atoms with Crippen molar-refractivity contribution in [1.29, 1.82) is 0 Å². The van der Waals surface area contributed by atoms with E-state index >= 15 is 0 Å². The van der Waals surface area contributed by atoms with Crippen LogP contribution in [0, 0.1) is 5.92 Å². The standard InChI is InChI=1S/C22H25N3O6/c1-13-30-19(31-13)16-17(26)18(27)25-11-14-7-9-22(10-8-14,20(25)23-16)24-21(28)29-12-15-5-3-2-4-6-15/h2-6,13-14,19,26H,7-12H2,1H3,(H,24,28). The molecule has 2 N–H and O–H groups in total. The predicted octanol–water partition coefficient (Wildman–Crippen LogP) is 2.67. The average molecular weight is 427 g/mol. The molecule has 0 spiro atoms. The van der Waals surface area contributed by atoms with E-state index in [9.17, 15) is 14.7 Å². The van der Waals surface area contributed by atoms with Gasteiger partial charge < -0.3 is 24.6 Å². The molecule has 2 fully saturated rings. The molecule has 1 saturated heterocycles. The molecule has 6 rings (SSSR count). The molecule has 2 aromatic rings. The van der Waals surface area contributed by atoms with Crippen LogP contribution in [0.5, 0.6) is 5.75 Å². The Hall–Kier alpha value is -2.91. The summed E-state index contributed by atoms with van der Waals surface area (Å²) in [5, 5.41) is 13.5. The Kier molecular flexibility index (Phi) is 4.94. The quantitative estimate of drug-likeness (QED) is 0.771. The van der Waals surface area contributed by atoms with Crippen LogP contribution in [0.25, 0.3) is 0 Å². The number of hydrogen-bond acceptors (Lipinski definition) is 7. The lowest BCUT2D eigenvalue weighted by Crippen LogP contribution is -2.50. The molecule has 31 heavy (non-hydrogen) atoms. The monoisotopic (exact) mass is 427 g/mol. The molecule has 9 heteroatoms. The molecule has 1 aromatic heterocycles. The number of nitrogens with one attached hydrogen (secondary N) is 1. The maximum absolute atomic E-state index is 13.0. The summed E-state index contributed by atoms with van der Waals surface area (Å²) in [7, 11) is 0. The summed E-state index contributed by atoms with van der Waals surface area (Å²) in [6, 6.07) is 9.43. The van der Waals surface area contributed by atoms with Crippen LogP contribution >= 0.6 is 0 Å². The fraction of sp³-hybridized carbons (Fsp3) is 0.500. The van der Waals surface area contributed by atoms with E-state index in [-0.39, 0.29) is 18.2 Å². The summed E-state index contributed by atoms with van der Waals surface area (Å²) in [6.07, 6.45) is 1.07. The molecule has 4 heterocycles. The maximum atomic E-state index is 13.0. The zero-order valence-corrected chi connectivity index (χ0v) is 17.2. The third kappa shape index (κ3) is 3.57. The van der Waals surface area contributed by atoms with Crippen LogP contribution in [0.1, 0.15) is 56.0 Å². The molecular weight excluding hydrogens is 402 g/mol. The number of aromatic nitrogens is 2. The third-order valence-electron chi connectivity index (χ3n) is 6.41. The van der Waals surface area contributed by atoms with Gasteiger partial charge in [0, 0.05) is 6.54 Å². The Morgan fingerprint density at radius 2 is 2.00 bits per heavy atom. The van der Waals surface area contributed by atoms with Gasteiger partial charge in [-0.05, 0) is 44.1 Å². The molecule has 1 aromatic carbocycles. The lowest BCUT2D eigenvalue weighted by Gasteiger charge is -2.37. The minimum atomic E-state index is -0.892. The normalized spacial score (nSPS) is 28.9. The fourth-order valence-corrected chi connectivity index (χ4v) is 4.72. The van der Waals surface area contributed by atoms with Gasteiger partial charge >= 0.3 is 6.09 Å².